The maximum atomic E-state index is 13.6. The quantitative estimate of drug-likeness (QED) is 0.240. The Balaban J connectivity index is 1.68. The third kappa shape index (κ3) is 7.93. The molecule has 0 aromatic heterocycles. The lowest BCUT2D eigenvalue weighted by Gasteiger charge is -2.48. The molecule has 0 unspecified atom stereocenters. The van der Waals surface area contributed by atoms with Crippen molar-refractivity contribution in [2.24, 2.45) is 5.92 Å². The summed E-state index contributed by atoms with van der Waals surface area (Å²) >= 11 is 0. The lowest BCUT2D eigenvalue weighted by atomic mass is 9.69. The van der Waals surface area contributed by atoms with Gasteiger partial charge in [0.25, 0.3) is 0 Å². The van der Waals surface area contributed by atoms with E-state index in [9.17, 15) is 9.90 Å². The van der Waals surface area contributed by atoms with Crippen LogP contribution < -0.4 is 0 Å². The topological polar surface area (TPSA) is 68.2 Å². The Bertz CT molecular complexity index is 729. The van der Waals surface area contributed by atoms with E-state index in [-0.39, 0.29) is 37.2 Å². The second-order valence-corrected chi connectivity index (χ2v) is 10.5. The van der Waals surface area contributed by atoms with Gasteiger partial charge in [0.1, 0.15) is 13.4 Å². The summed E-state index contributed by atoms with van der Waals surface area (Å²) in [4.78, 5) is 15.6. The van der Waals surface area contributed by atoms with Crippen LogP contribution >= 0.6 is 0 Å². The highest BCUT2D eigenvalue weighted by atomic mass is 16.7. The fourth-order valence-corrected chi connectivity index (χ4v) is 6.27. The molecule has 6 heteroatoms. The Hall–Kier alpha value is -1.63. The number of ether oxygens (including phenoxy) is 3. The van der Waals surface area contributed by atoms with E-state index in [0.29, 0.717) is 12.5 Å². The molecule has 1 spiro atoms. The van der Waals surface area contributed by atoms with Crippen LogP contribution in [-0.2, 0) is 20.8 Å². The van der Waals surface area contributed by atoms with Crippen LogP contribution in [0.4, 0.5) is 4.79 Å². The summed E-state index contributed by atoms with van der Waals surface area (Å²) < 4.78 is 16.7. The Morgan fingerprint density at radius 3 is 2.71 bits per heavy atom. The molecule has 2 aliphatic rings. The van der Waals surface area contributed by atoms with Crippen LogP contribution in [0, 0.1) is 5.92 Å². The largest absolute Gasteiger partial charge is 0.445 e. The van der Waals surface area contributed by atoms with Gasteiger partial charge < -0.3 is 19.3 Å². The van der Waals surface area contributed by atoms with E-state index >= 15 is 0 Å². The number of hydrogen-bond acceptors (Lipinski definition) is 5. The van der Waals surface area contributed by atoms with Crippen molar-refractivity contribution in [1.82, 2.24) is 4.90 Å². The molecule has 1 heterocycles. The van der Waals surface area contributed by atoms with Gasteiger partial charge in [-0.1, -0.05) is 75.8 Å². The van der Waals surface area contributed by atoms with Gasteiger partial charge in [0, 0.05) is 12.6 Å². The van der Waals surface area contributed by atoms with Crippen LogP contribution in [-0.4, -0.2) is 54.3 Å². The maximum absolute atomic E-state index is 13.6. The first-order valence-electron chi connectivity index (χ1n) is 13.9. The Morgan fingerprint density at radius 1 is 1.11 bits per heavy atom. The SMILES string of the molecule is CCCCCC[C@@H](O)CC[C@@H]1CCCC[C@]12CC[C@@H](COCOC)N2C(=O)OCc1ccccc1. The fourth-order valence-electron chi connectivity index (χ4n) is 6.27. The van der Waals surface area contributed by atoms with E-state index in [1.165, 1.54) is 25.7 Å². The molecule has 6 nitrogen and oxygen atoms in total. The summed E-state index contributed by atoms with van der Waals surface area (Å²) in [7, 11) is 1.62. The van der Waals surface area contributed by atoms with Crippen LogP contribution in [0.2, 0.25) is 0 Å². The molecule has 0 radical (unpaired) electrons. The molecule has 4 atom stereocenters. The number of rotatable bonds is 14. The second kappa shape index (κ2) is 14.8. The Kier molecular flexibility index (Phi) is 11.8. The standard InChI is InChI=1S/C29H47NO5/c1-3-4-5-9-15-27(31)17-16-25-14-10-11-19-29(25)20-18-26(22-34-23-33-2)30(29)28(32)35-21-24-12-7-6-8-13-24/h6-8,12-13,25-27,31H,3-5,9-11,14-23H2,1-2H3/t25-,26-,27+,29-/m0/s1. The number of hydrogen-bond donors (Lipinski definition) is 1. The summed E-state index contributed by atoms with van der Waals surface area (Å²) in [6, 6.07) is 9.86. The van der Waals surface area contributed by atoms with Gasteiger partial charge in [-0.05, 0) is 56.4 Å². The van der Waals surface area contributed by atoms with Crippen LogP contribution in [0.5, 0.6) is 0 Å². The molecule has 1 N–H and O–H groups in total. The first-order chi connectivity index (χ1) is 17.1. The van der Waals surface area contributed by atoms with E-state index < -0.39 is 0 Å². The zero-order valence-corrected chi connectivity index (χ0v) is 22.0. The normalized spacial score (nSPS) is 25.2. The number of carbonyl (C=O) groups excluding carboxylic acids is 1. The molecule has 1 aliphatic carbocycles. The maximum Gasteiger partial charge on any atom is 0.410 e. The summed E-state index contributed by atoms with van der Waals surface area (Å²) in [5.41, 5.74) is 0.794. The van der Waals surface area contributed by atoms with Crippen molar-refractivity contribution in [1.29, 1.82) is 0 Å². The highest BCUT2D eigenvalue weighted by molar-refractivity contribution is 5.70. The Labute approximate surface area is 212 Å². The van der Waals surface area contributed by atoms with Crippen LogP contribution in [0.3, 0.4) is 0 Å². The molecule has 1 aliphatic heterocycles. The number of unbranched alkanes of at least 4 members (excludes halogenated alkanes) is 3. The molecule has 2 fully saturated rings. The number of benzene rings is 1. The van der Waals surface area contributed by atoms with Gasteiger partial charge in [0.15, 0.2) is 0 Å². The predicted octanol–water partition coefficient (Wildman–Crippen LogP) is 6.45. The van der Waals surface area contributed by atoms with E-state index in [1.54, 1.807) is 7.11 Å². The predicted molar refractivity (Wildman–Crippen MR) is 138 cm³/mol. The monoisotopic (exact) mass is 489 g/mol. The average Bonchev–Trinajstić information content (AvgIpc) is 3.23. The van der Waals surface area contributed by atoms with Crippen molar-refractivity contribution in [3.8, 4) is 0 Å². The van der Waals surface area contributed by atoms with Crippen molar-refractivity contribution in [3.63, 3.8) is 0 Å². The van der Waals surface area contributed by atoms with Gasteiger partial charge in [-0.2, -0.15) is 0 Å². The number of amides is 1. The van der Waals surface area contributed by atoms with E-state index in [1.807, 2.05) is 35.2 Å². The van der Waals surface area contributed by atoms with E-state index in [2.05, 4.69) is 6.92 Å². The number of likely N-dealkylation sites (tertiary alicyclic amines) is 1. The van der Waals surface area contributed by atoms with Crippen molar-refractivity contribution >= 4 is 6.09 Å². The molecule has 1 aromatic carbocycles. The van der Waals surface area contributed by atoms with Crippen molar-refractivity contribution in [2.75, 3.05) is 20.5 Å². The first kappa shape index (κ1) is 27.9. The Morgan fingerprint density at radius 2 is 1.94 bits per heavy atom. The third-order valence-electron chi connectivity index (χ3n) is 8.08. The molecular formula is C29H47NO5. The van der Waals surface area contributed by atoms with Crippen molar-refractivity contribution in [3.05, 3.63) is 35.9 Å². The van der Waals surface area contributed by atoms with Gasteiger partial charge in [-0.15, -0.1) is 0 Å². The first-order valence-corrected chi connectivity index (χ1v) is 13.9. The number of nitrogens with zero attached hydrogens (tertiary/aromatic N) is 1. The molecule has 198 valence electrons. The highest BCUT2D eigenvalue weighted by Gasteiger charge is 2.54. The molecule has 35 heavy (non-hydrogen) atoms. The van der Waals surface area contributed by atoms with Gasteiger partial charge in [0.05, 0.1) is 18.8 Å². The van der Waals surface area contributed by atoms with Gasteiger partial charge in [0.2, 0.25) is 0 Å². The minimum atomic E-state index is -0.244. The lowest BCUT2D eigenvalue weighted by Crippen LogP contribution is -2.57. The zero-order valence-electron chi connectivity index (χ0n) is 22.0. The summed E-state index contributed by atoms with van der Waals surface area (Å²) in [5, 5.41) is 10.7. The van der Waals surface area contributed by atoms with Crippen molar-refractivity contribution < 1.29 is 24.1 Å². The molecular weight excluding hydrogens is 442 g/mol. The number of aliphatic hydroxyl groups is 1. The molecule has 1 saturated carbocycles. The summed E-state index contributed by atoms with van der Waals surface area (Å²) in [6.45, 7) is 3.18. The zero-order chi connectivity index (χ0) is 24.9. The van der Waals surface area contributed by atoms with Crippen LogP contribution in [0.1, 0.15) is 96.0 Å². The minimum Gasteiger partial charge on any atom is -0.445 e. The van der Waals surface area contributed by atoms with E-state index in [4.69, 9.17) is 14.2 Å². The smallest absolute Gasteiger partial charge is 0.410 e. The number of methoxy groups -OCH3 is 1. The number of aliphatic hydroxyl groups excluding tert-OH is 1. The second-order valence-electron chi connectivity index (χ2n) is 10.5. The lowest BCUT2D eigenvalue weighted by molar-refractivity contribution is -0.0629. The average molecular weight is 490 g/mol. The summed E-state index contributed by atoms with van der Waals surface area (Å²) in [6.07, 6.45) is 13.3. The van der Waals surface area contributed by atoms with Crippen LogP contribution in [0.25, 0.3) is 0 Å². The minimum absolute atomic E-state index is 0.00649. The molecule has 0 bridgehead atoms. The number of carbonyl (C=O) groups is 1. The highest BCUT2D eigenvalue weighted by Crippen LogP contribution is 2.50. The summed E-state index contributed by atoms with van der Waals surface area (Å²) in [5.74, 6) is 0.387. The van der Waals surface area contributed by atoms with E-state index in [0.717, 1.165) is 63.4 Å². The van der Waals surface area contributed by atoms with Crippen LogP contribution in [0.15, 0.2) is 30.3 Å². The van der Waals surface area contributed by atoms with Gasteiger partial charge >= 0.3 is 6.09 Å². The molecule has 1 aromatic rings. The van der Waals surface area contributed by atoms with Gasteiger partial charge in [-0.25, -0.2) is 4.79 Å². The molecule has 1 saturated heterocycles. The van der Waals surface area contributed by atoms with Gasteiger partial charge in [-0.3, -0.25) is 4.90 Å². The van der Waals surface area contributed by atoms with Crippen molar-refractivity contribution in [2.45, 2.75) is 115 Å². The molecule has 3 rings (SSSR count). The molecule has 1 amide bonds. The third-order valence-corrected chi connectivity index (χ3v) is 8.08. The fraction of sp³-hybridized carbons (Fsp3) is 0.759.